The summed E-state index contributed by atoms with van der Waals surface area (Å²) in [5.41, 5.74) is 9.04. The maximum Gasteiger partial charge on any atom is 0.297 e. The third kappa shape index (κ3) is 5.92. The summed E-state index contributed by atoms with van der Waals surface area (Å²) in [5, 5.41) is 17.6. The molecular formula is C25H37N7O4. The topological polar surface area (TPSA) is 132 Å². The summed E-state index contributed by atoms with van der Waals surface area (Å²) in [7, 11) is 0. The summed E-state index contributed by atoms with van der Waals surface area (Å²) >= 11 is 0. The zero-order valence-electron chi connectivity index (χ0n) is 20.7. The highest BCUT2D eigenvalue weighted by molar-refractivity contribution is 5.77. The van der Waals surface area contributed by atoms with Gasteiger partial charge in [0, 0.05) is 64.8 Å². The third-order valence-electron chi connectivity index (χ3n) is 7.28. The molecule has 4 heterocycles. The lowest BCUT2D eigenvalue weighted by atomic mass is 9.95. The second-order valence-electron chi connectivity index (χ2n) is 9.74. The Kier molecular flexibility index (Phi) is 7.90. The number of anilines is 3. The number of aliphatic hydroxyl groups is 1. The Bertz CT molecular complexity index is 1010. The van der Waals surface area contributed by atoms with Crippen LogP contribution in [0.4, 0.5) is 17.4 Å². The van der Waals surface area contributed by atoms with E-state index in [-0.39, 0.29) is 11.8 Å². The van der Waals surface area contributed by atoms with Crippen LogP contribution in [0.15, 0.2) is 28.9 Å². The number of nitrogens with two attached hydrogens (primary N) is 1. The SMILES string of the molecule is NC(=O)C1CCN(c2cc(CN3CCNCC3)ccc2NC(O)c2coc(N3CCOCC3)n2)CC1. The van der Waals surface area contributed by atoms with Gasteiger partial charge in [0.1, 0.15) is 12.0 Å². The van der Waals surface area contributed by atoms with Crippen molar-refractivity contribution < 1.29 is 19.1 Å². The van der Waals surface area contributed by atoms with Gasteiger partial charge in [-0.1, -0.05) is 6.07 Å². The molecule has 5 N–H and O–H groups in total. The summed E-state index contributed by atoms with van der Waals surface area (Å²) in [5.74, 6) is -0.306. The number of aliphatic hydroxyl groups excluding tert-OH is 1. The Labute approximate surface area is 211 Å². The molecule has 0 spiro atoms. The fourth-order valence-corrected chi connectivity index (χ4v) is 5.11. The number of hydrogen-bond donors (Lipinski definition) is 4. The molecule has 11 nitrogen and oxygen atoms in total. The first-order valence-corrected chi connectivity index (χ1v) is 12.9. The van der Waals surface area contributed by atoms with Gasteiger partial charge in [0.2, 0.25) is 5.91 Å². The first kappa shape index (κ1) is 24.8. The highest BCUT2D eigenvalue weighted by atomic mass is 16.5. The minimum atomic E-state index is -1.02. The monoisotopic (exact) mass is 499 g/mol. The van der Waals surface area contributed by atoms with Crippen molar-refractivity contribution in [3.05, 3.63) is 35.7 Å². The van der Waals surface area contributed by atoms with E-state index < -0.39 is 6.23 Å². The molecule has 3 aliphatic heterocycles. The van der Waals surface area contributed by atoms with Crippen LogP contribution in [-0.4, -0.2) is 86.5 Å². The summed E-state index contributed by atoms with van der Waals surface area (Å²) in [6.45, 7) is 9.09. The zero-order valence-corrected chi connectivity index (χ0v) is 20.7. The minimum Gasteiger partial charge on any atom is -0.432 e. The molecule has 2 aromatic rings. The first-order valence-electron chi connectivity index (χ1n) is 12.9. The van der Waals surface area contributed by atoms with Crippen molar-refractivity contribution in [1.82, 2.24) is 15.2 Å². The molecule has 3 saturated heterocycles. The maximum absolute atomic E-state index is 11.7. The van der Waals surface area contributed by atoms with Crippen molar-refractivity contribution in [3.63, 3.8) is 0 Å². The molecular weight excluding hydrogens is 462 g/mol. The number of oxazole rings is 1. The van der Waals surface area contributed by atoms with E-state index in [4.69, 9.17) is 14.9 Å². The normalized spacial score (nSPS) is 20.9. The highest BCUT2D eigenvalue weighted by Gasteiger charge is 2.26. The predicted octanol–water partition coefficient (Wildman–Crippen LogP) is 0.721. The van der Waals surface area contributed by atoms with Crippen LogP contribution in [0.1, 0.15) is 30.3 Å². The molecule has 1 unspecified atom stereocenters. The van der Waals surface area contributed by atoms with Gasteiger partial charge < -0.3 is 40.4 Å². The number of amides is 1. The molecule has 0 radical (unpaired) electrons. The van der Waals surface area contributed by atoms with Gasteiger partial charge in [0.25, 0.3) is 6.01 Å². The van der Waals surface area contributed by atoms with Crippen molar-refractivity contribution in [2.75, 3.05) is 80.7 Å². The lowest BCUT2D eigenvalue weighted by molar-refractivity contribution is -0.122. The second kappa shape index (κ2) is 11.5. The molecule has 0 aliphatic carbocycles. The van der Waals surface area contributed by atoms with Crippen molar-refractivity contribution in [1.29, 1.82) is 0 Å². The van der Waals surface area contributed by atoms with Gasteiger partial charge in [0.05, 0.1) is 24.6 Å². The van der Waals surface area contributed by atoms with Crippen molar-refractivity contribution >= 4 is 23.3 Å². The number of piperazine rings is 1. The number of nitrogens with one attached hydrogen (secondary N) is 2. The number of hydrogen-bond acceptors (Lipinski definition) is 10. The number of nitrogens with zero attached hydrogens (tertiary/aromatic N) is 4. The molecule has 0 bridgehead atoms. The molecule has 196 valence electrons. The number of aromatic nitrogens is 1. The molecule has 3 fully saturated rings. The van der Waals surface area contributed by atoms with Gasteiger partial charge in [-0.25, -0.2) is 0 Å². The Hall–Kier alpha value is -2.86. The molecule has 5 rings (SSSR count). The Balaban J connectivity index is 1.32. The number of carbonyl (C=O) groups is 1. The molecule has 1 amide bonds. The van der Waals surface area contributed by atoms with E-state index in [9.17, 15) is 9.90 Å². The van der Waals surface area contributed by atoms with Crippen LogP contribution in [0, 0.1) is 5.92 Å². The minimum absolute atomic E-state index is 0.0824. The average Bonchev–Trinajstić information content (AvgIpc) is 3.41. The van der Waals surface area contributed by atoms with Gasteiger partial charge in [-0.2, -0.15) is 4.98 Å². The van der Waals surface area contributed by atoms with Crippen LogP contribution in [0.3, 0.4) is 0 Å². The number of morpholine rings is 1. The van der Waals surface area contributed by atoms with Crippen LogP contribution in [0.2, 0.25) is 0 Å². The lowest BCUT2D eigenvalue weighted by Crippen LogP contribution is -2.43. The number of rotatable bonds is 8. The smallest absolute Gasteiger partial charge is 0.297 e. The predicted molar refractivity (Wildman–Crippen MR) is 137 cm³/mol. The Morgan fingerprint density at radius 2 is 1.89 bits per heavy atom. The lowest BCUT2D eigenvalue weighted by Gasteiger charge is -2.34. The summed E-state index contributed by atoms with van der Waals surface area (Å²) in [6, 6.07) is 6.83. The van der Waals surface area contributed by atoms with Crippen molar-refractivity contribution in [2.45, 2.75) is 25.6 Å². The van der Waals surface area contributed by atoms with E-state index in [1.54, 1.807) is 0 Å². The van der Waals surface area contributed by atoms with Crippen LogP contribution < -0.4 is 26.2 Å². The average molecular weight is 500 g/mol. The summed E-state index contributed by atoms with van der Waals surface area (Å²) in [6.07, 6.45) is 1.93. The van der Waals surface area contributed by atoms with Crippen LogP contribution in [-0.2, 0) is 16.1 Å². The van der Waals surface area contributed by atoms with E-state index in [1.807, 2.05) is 11.0 Å². The summed E-state index contributed by atoms with van der Waals surface area (Å²) < 4.78 is 11.0. The largest absolute Gasteiger partial charge is 0.432 e. The summed E-state index contributed by atoms with van der Waals surface area (Å²) in [4.78, 5) is 22.9. The van der Waals surface area contributed by atoms with Crippen LogP contribution >= 0.6 is 0 Å². The molecule has 0 saturated carbocycles. The molecule has 3 aliphatic rings. The molecule has 1 aromatic heterocycles. The van der Waals surface area contributed by atoms with Crippen LogP contribution in [0.5, 0.6) is 0 Å². The fourth-order valence-electron chi connectivity index (χ4n) is 5.11. The van der Waals surface area contributed by atoms with Gasteiger partial charge in [-0.05, 0) is 30.5 Å². The van der Waals surface area contributed by atoms with Gasteiger partial charge in [-0.3, -0.25) is 9.69 Å². The van der Waals surface area contributed by atoms with E-state index >= 15 is 0 Å². The zero-order chi connectivity index (χ0) is 24.9. The number of primary amides is 1. The van der Waals surface area contributed by atoms with Crippen molar-refractivity contribution in [3.8, 4) is 0 Å². The van der Waals surface area contributed by atoms with E-state index in [2.05, 4.69) is 37.6 Å². The number of carbonyl (C=O) groups excluding carboxylic acids is 1. The molecule has 36 heavy (non-hydrogen) atoms. The fraction of sp³-hybridized carbons (Fsp3) is 0.600. The first-order chi connectivity index (χ1) is 17.6. The van der Waals surface area contributed by atoms with Gasteiger partial charge >= 0.3 is 0 Å². The number of ether oxygens (including phenoxy) is 1. The molecule has 11 heteroatoms. The maximum atomic E-state index is 11.7. The van der Waals surface area contributed by atoms with Crippen molar-refractivity contribution in [2.24, 2.45) is 11.7 Å². The Morgan fingerprint density at radius 1 is 1.14 bits per heavy atom. The molecule has 1 atom stereocenters. The molecule has 1 aromatic carbocycles. The number of piperidine rings is 1. The van der Waals surface area contributed by atoms with Gasteiger partial charge in [-0.15, -0.1) is 0 Å². The quantitative estimate of drug-likeness (QED) is 0.385. The standard InChI is InChI=1S/C25H37N7O4/c26-23(33)19-3-7-31(8-4-19)22-15-18(16-30-9-5-27-6-10-30)1-2-20(22)28-24(34)21-17-36-25(29-21)32-11-13-35-14-12-32/h1-2,15,17,19,24,27-28,34H,3-14,16H2,(H2,26,33). The second-order valence-corrected chi connectivity index (χ2v) is 9.74. The van der Waals surface area contributed by atoms with E-state index in [0.717, 1.165) is 70.0 Å². The van der Waals surface area contributed by atoms with Crippen LogP contribution in [0.25, 0.3) is 0 Å². The highest BCUT2D eigenvalue weighted by Crippen LogP contribution is 2.33. The third-order valence-corrected chi connectivity index (χ3v) is 7.28. The van der Waals surface area contributed by atoms with E-state index in [0.29, 0.717) is 38.0 Å². The number of benzene rings is 1. The van der Waals surface area contributed by atoms with Gasteiger partial charge in [0.15, 0.2) is 6.23 Å². The Morgan fingerprint density at radius 3 is 2.61 bits per heavy atom. The van der Waals surface area contributed by atoms with E-state index in [1.165, 1.54) is 11.8 Å².